The van der Waals surface area contributed by atoms with Crippen molar-refractivity contribution in [2.45, 2.75) is 25.9 Å². The molecule has 3 rings (SSSR count). The van der Waals surface area contributed by atoms with Gasteiger partial charge in [0.2, 0.25) is 0 Å². The van der Waals surface area contributed by atoms with Gasteiger partial charge in [0, 0.05) is 32.1 Å². The minimum Gasteiger partial charge on any atom is -0.380 e. The second-order valence-electron chi connectivity index (χ2n) is 6.01. The lowest BCUT2D eigenvalue weighted by atomic mass is 10.1. The van der Waals surface area contributed by atoms with Crippen molar-refractivity contribution in [1.82, 2.24) is 4.98 Å². The van der Waals surface area contributed by atoms with E-state index in [0.717, 1.165) is 43.0 Å². The molecule has 126 valence electrons. The summed E-state index contributed by atoms with van der Waals surface area (Å²) in [6.45, 7) is 2.44. The number of amides is 1. The van der Waals surface area contributed by atoms with E-state index in [1.807, 2.05) is 36.4 Å². The zero-order valence-electron chi connectivity index (χ0n) is 14.0. The third-order valence-corrected chi connectivity index (χ3v) is 4.18. The van der Waals surface area contributed by atoms with E-state index in [-0.39, 0.29) is 5.91 Å². The summed E-state index contributed by atoms with van der Waals surface area (Å²) in [7, 11) is 1.66. The van der Waals surface area contributed by atoms with E-state index in [1.54, 1.807) is 13.3 Å². The summed E-state index contributed by atoms with van der Waals surface area (Å²) < 4.78 is 5.14. The number of hydrogen-bond donors (Lipinski definition) is 1. The van der Waals surface area contributed by atoms with Crippen LogP contribution in [0, 0.1) is 0 Å². The maximum absolute atomic E-state index is 12.7. The molecule has 5 nitrogen and oxygen atoms in total. The van der Waals surface area contributed by atoms with Crippen molar-refractivity contribution in [3.05, 3.63) is 53.7 Å². The number of benzene rings is 1. The third-order valence-electron chi connectivity index (χ3n) is 4.18. The van der Waals surface area contributed by atoms with Crippen molar-refractivity contribution in [2.75, 3.05) is 30.4 Å². The van der Waals surface area contributed by atoms with E-state index < -0.39 is 0 Å². The van der Waals surface area contributed by atoms with Gasteiger partial charge in [0.05, 0.1) is 12.2 Å². The number of carbonyl (C=O) groups excluding carboxylic acids is 1. The van der Waals surface area contributed by atoms with Crippen LogP contribution < -0.4 is 10.2 Å². The predicted octanol–water partition coefficient (Wildman–Crippen LogP) is 3.47. The van der Waals surface area contributed by atoms with Crippen molar-refractivity contribution in [1.29, 1.82) is 0 Å². The van der Waals surface area contributed by atoms with Gasteiger partial charge in [-0.05, 0) is 49.1 Å². The number of nitrogens with zero attached hydrogens (tertiary/aromatic N) is 2. The molecule has 0 atom stereocenters. The van der Waals surface area contributed by atoms with Crippen LogP contribution in [0.1, 0.15) is 35.2 Å². The lowest BCUT2D eigenvalue weighted by molar-refractivity contribution is 0.102. The average molecular weight is 325 g/mol. The molecule has 0 radical (unpaired) electrons. The number of methoxy groups -OCH3 is 1. The number of ether oxygens (including phenoxy) is 1. The van der Waals surface area contributed by atoms with Crippen molar-refractivity contribution >= 4 is 17.4 Å². The van der Waals surface area contributed by atoms with Crippen LogP contribution >= 0.6 is 0 Å². The highest BCUT2D eigenvalue weighted by atomic mass is 16.5. The molecule has 1 N–H and O–H groups in total. The van der Waals surface area contributed by atoms with Gasteiger partial charge in [-0.15, -0.1) is 0 Å². The molecule has 2 heterocycles. The first kappa shape index (κ1) is 16.5. The normalized spacial score (nSPS) is 14.5. The third kappa shape index (κ3) is 3.92. The highest BCUT2D eigenvalue weighted by Crippen LogP contribution is 2.23. The number of hydrogen-bond acceptors (Lipinski definition) is 4. The van der Waals surface area contributed by atoms with Gasteiger partial charge >= 0.3 is 0 Å². The number of piperidine rings is 1. The second-order valence-corrected chi connectivity index (χ2v) is 6.01. The predicted molar refractivity (Wildman–Crippen MR) is 95.4 cm³/mol. The minimum absolute atomic E-state index is 0.127. The van der Waals surface area contributed by atoms with Gasteiger partial charge in [-0.1, -0.05) is 12.1 Å². The van der Waals surface area contributed by atoms with E-state index in [0.29, 0.717) is 12.2 Å². The molecule has 1 saturated heterocycles. The summed E-state index contributed by atoms with van der Waals surface area (Å²) in [4.78, 5) is 19.4. The molecule has 1 aliphatic rings. The average Bonchev–Trinajstić information content (AvgIpc) is 2.63. The molecule has 1 fully saturated rings. The smallest absolute Gasteiger partial charge is 0.259 e. The second kappa shape index (κ2) is 7.93. The summed E-state index contributed by atoms with van der Waals surface area (Å²) in [5, 5.41) is 2.98. The van der Waals surface area contributed by atoms with Gasteiger partial charge in [-0.25, -0.2) is 4.98 Å². The van der Waals surface area contributed by atoms with Crippen LogP contribution in [0.3, 0.4) is 0 Å². The lowest BCUT2D eigenvalue weighted by Crippen LogP contribution is -2.32. The van der Waals surface area contributed by atoms with Gasteiger partial charge in [0.25, 0.3) is 5.91 Å². The number of carbonyl (C=O) groups is 1. The molecule has 1 aliphatic heterocycles. The molecular formula is C19H23N3O2. The van der Waals surface area contributed by atoms with Gasteiger partial charge in [0.1, 0.15) is 5.82 Å². The van der Waals surface area contributed by atoms with Crippen LogP contribution in [-0.4, -0.2) is 31.1 Å². The van der Waals surface area contributed by atoms with Crippen LogP contribution in [-0.2, 0) is 11.3 Å². The molecule has 0 saturated carbocycles. The quantitative estimate of drug-likeness (QED) is 0.914. The van der Waals surface area contributed by atoms with Crippen molar-refractivity contribution < 1.29 is 9.53 Å². The van der Waals surface area contributed by atoms with Gasteiger partial charge < -0.3 is 15.0 Å². The Balaban J connectivity index is 1.79. The zero-order valence-corrected chi connectivity index (χ0v) is 14.0. The SMILES string of the molecule is COCc1cccc(NC(=O)c2cccnc2N2CCCCC2)c1. The first-order valence-electron chi connectivity index (χ1n) is 8.37. The number of pyridine rings is 1. The van der Waals surface area contributed by atoms with Gasteiger partial charge in [-0.2, -0.15) is 0 Å². The molecule has 0 unspecified atom stereocenters. The molecule has 0 spiro atoms. The first-order valence-corrected chi connectivity index (χ1v) is 8.37. The molecule has 0 bridgehead atoms. The molecular weight excluding hydrogens is 302 g/mol. The van der Waals surface area contributed by atoms with Crippen molar-refractivity contribution in [3.63, 3.8) is 0 Å². The van der Waals surface area contributed by atoms with Crippen LogP contribution in [0.25, 0.3) is 0 Å². The molecule has 1 aromatic carbocycles. The lowest BCUT2D eigenvalue weighted by Gasteiger charge is -2.29. The Morgan fingerprint density at radius 3 is 2.83 bits per heavy atom. The summed E-state index contributed by atoms with van der Waals surface area (Å²) in [5.74, 6) is 0.654. The minimum atomic E-state index is -0.127. The number of nitrogens with one attached hydrogen (secondary N) is 1. The highest BCUT2D eigenvalue weighted by molar-refractivity contribution is 6.07. The first-order chi connectivity index (χ1) is 11.8. The van der Waals surface area contributed by atoms with Gasteiger partial charge in [0.15, 0.2) is 0 Å². The molecule has 2 aromatic rings. The Labute approximate surface area is 142 Å². The van der Waals surface area contributed by atoms with Crippen LogP contribution in [0.15, 0.2) is 42.6 Å². The van der Waals surface area contributed by atoms with Crippen molar-refractivity contribution in [3.8, 4) is 0 Å². The Kier molecular flexibility index (Phi) is 5.43. The zero-order chi connectivity index (χ0) is 16.8. The summed E-state index contributed by atoms with van der Waals surface area (Å²) in [6.07, 6.45) is 5.30. The fourth-order valence-electron chi connectivity index (χ4n) is 3.04. The maximum Gasteiger partial charge on any atom is 0.259 e. The monoisotopic (exact) mass is 325 g/mol. The summed E-state index contributed by atoms with van der Waals surface area (Å²) >= 11 is 0. The number of rotatable bonds is 5. The molecule has 1 aromatic heterocycles. The fourth-order valence-corrected chi connectivity index (χ4v) is 3.04. The molecule has 0 aliphatic carbocycles. The Morgan fingerprint density at radius 2 is 2.04 bits per heavy atom. The largest absolute Gasteiger partial charge is 0.380 e. The van der Waals surface area contributed by atoms with Gasteiger partial charge in [-0.3, -0.25) is 4.79 Å². The fraction of sp³-hybridized carbons (Fsp3) is 0.368. The van der Waals surface area contributed by atoms with E-state index in [4.69, 9.17) is 4.74 Å². The van der Waals surface area contributed by atoms with Crippen LogP contribution in [0.4, 0.5) is 11.5 Å². The Morgan fingerprint density at radius 1 is 1.21 bits per heavy atom. The summed E-state index contributed by atoms with van der Waals surface area (Å²) in [6, 6.07) is 11.3. The maximum atomic E-state index is 12.7. The van der Waals surface area contributed by atoms with Crippen LogP contribution in [0.2, 0.25) is 0 Å². The van der Waals surface area contributed by atoms with E-state index >= 15 is 0 Å². The Hall–Kier alpha value is -2.40. The number of aromatic nitrogens is 1. The van der Waals surface area contributed by atoms with E-state index in [1.165, 1.54) is 6.42 Å². The van der Waals surface area contributed by atoms with Crippen LogP contribution in [0.5, 0.6) is 0 Å². The molecule has 24 heavy (non-hydrogen) atoms. The Bertz CT molecular complexity index is 697. The standard InChI is InChI=1S/C19H23N3O2/c1-24-14-15-7-5-8-16(13-15)21-19(23)17-9-6-10-20-18(17)22-11-3-2-4-12-22/h5-10,13H,2-4,11-12,14H2,1H3,(H,21,23). The molecule has 1 amide bonds. The van der Waals surface area contributed by atoms with E-state index in [2.05, 4.69) is 15.2 Å². The summed E-state index contributed by atoms with van der Waals surface area (Å²) in [5.41, 5.74) is 2.41. The number of anilines is 2. The van der Waals surface area contributed by atoms with Crippen molar-refractivity contribution in [2.24, 2.45) is 0 Å². The molecule has 5 heteroatoms. The topological polar surface area (TPSA) is 54.5 Å². The highest BCUT2D eigenvalue weighted by Gasteiger charge is 2.19. The van der Waals surface area contributed by atoms with E-state index in [9.17, 15) is 4.79 Å².